The molecule has 104 heavy (non-hydrogen) atoms. The summed E-state index contributed by atoms with van der Waals surface area (Å²) >= 11 is 0. The molecule has 0 aliphatic rings. The molecule has 0 aliphatic heterocycles. The Balaban J connectivity index is 5.50. The average Bonchev–Trinajstić information content (AvgIpc) is 0.939. The summed E-state index contributed by atoms with van der Waals surface area (Å²) in [6.45, 7) is 4.27. The minimum absolute atomic E-state index is 0.0264. The molecule has 5 unspecified atom stereocenters. The van der Waals surface area contributed by atoms with Crippen molar-refractivity contribution in [1.29, 1.82) is 0 Å². The molecule has 5 atom stereocenters. The van der Waals surface area contributed by atoms with Crippen molar-refractivity contribution in [2.75, 3.05) is 39.6 Å². The first-order chi connectivity index (χ1) is 50.7. The molecule has 0 aromatic heterocycles. The third kappa shape index (κ3) is 74.4. The van der Waals surface area contributed by atoms with E-state index in [1.165, 1.54) is 25.7 Å². The molecular weight excluding hydrogens is 1350 g/mol. The number of carbonyl (C=O) groups is 4. The molecule has 0 amide bonds. The summed E-state index contributed by atoms with van der Waals surface area (Å²) in [5, 5.41) is 10.6. The normalized spacial score (nSPS) is 14.9. The Hall–Kier alpha value is -5.84. The van der Waals surface area contributed by atoms with Crippen LogP contribution >= 0.6 is 15.6 Å². The second-order valence-corrected chi connectivity index (χ2v) is 28.1. The largest absolute Gasteiger partial charge is 0.472 e. The van der Waals surface area contributed by atoms with Gasteiger partial charge >= 0.3 is 39.5 Å². The van der Waals surface area contributed by atoms with Gasteiger partial charge in [-0.15, -0.1) is 0 Å². The van der Waals surface area contributed by atoms with E-state index in [2.05, 4.69) is 167 Å². The lowest BCUT2D eigenvalue weighted by Gasteiger charge is -2.21. The van der Waals surface area contributed by atoms with E-state index in [9.17, 15) is 43.2 Å². The number of esters is 4. The van der Waals surface area contributed by atoms with Crippen molar-refractivity contribution in [2.45, 2.75) is 290 Å². The summed E-state index contributed by atoms with van der Waals surface area (Å²) in [5.41, 5.74) is 0. The SMILES string of the molecule is CC/C=C\C/C=C\C/C=C\C/C=C\C/C=C\C/C=C\CCC(=O)OCC(COP(=O)(O)OCC(O)COP(=O)(O)OCC(COC(=O)CCCCCCCCC/C=C\C/C=C\C/C=C\CC)OC(=O)C/C=C\C/C=C\C/C=C\C/C=C\C/C=C\CC)OC(=O)CCCCCCC/C=C\CCCCCC. The van der Waals surface area contributed by atoms with Crippen LogP contribution in [0.1, 0.15) is 272 Å². The Labute approximate surface area is 628 Å². The molecule has 0 aliphatic carbocycles. The first-order valence-corrected chi connectivity index (χ1v) is 42.0. The molecule has 17 nitrogen and oxygen atoms in total. The molecular formula is C85H136O17P2. The van der Waals surface area contributed by atoms with E-state index in [1.807, 2.05) is 30.4 Å². The number of hydrogen-bond donors (Lipinski definition) is 3. The summed E-state index contributed by atoms with van der Waals surface area (Å²) < 4.78 is 68.3. The number of phosphoric acid groups is 2. The summed E-state index contributed by atoms with van der Waals surface area (Å²) in [4.78, 5) is 72.9. The maximum atomic E-state index is 13.1. The van der Waals surface area contributed by atoms with E-state index in [0.717, 1.165) is 161 Å². The van der Waals surface area contributed by atoms with Gasteiger partial charge in [0.2, 0.25) is 0 Å². The van der Waals surface area contributed by atoms with Crippen LogP contribution in [0.3, 0.4) is 0 Å². The number of allylic oxidation sites excluding steroid dienone is 29. The predicted octanol–water partition coefficient (Wildman–Crippen LogP) is 22.8. The Morgan fingerprint density at radius 2 is 0.558 bits per heavy atom. The van der Waals surface area contributed by atoms with Gasteiger partial charge in [0, 0.05) is 19.3 Å². The van der Waals surface area contributed by atoms with E-state index in [4.69, 9.17) is 37.0 Å². The molecule has 0 rings (SSSR count). The number of aliphatic hydroxyl groups is 1. The van der Waals surface area contributed by atoms with Crippen molar-refractivity contribution in [3.8, 4) is 0 Å². The molecule has 0 spiro atoms. The summed E-state index contributed by atoms with van der Waals surface area (Å²) in [6.07, 6.45) is 90.7. The Kier molecular flexibility index (Phi) is 71.2. The van der Waals surface area contributed by atoms with Crippen LogP contribution in [0, 0.1) is 0 Å². The van der Waals surface area contributed by atoms with Gasteiger partial charge in [0.15, 0.2) is 12.2 Å². The number of phosphoric ester groups is 2. The molecule has 3 N–H and O–H groups in total. The van der Waals surface area contributed by atoms with E-state index >= 15 is 0 Å². The summed E-state index contributed by atoms with van der Waals surface area (Å²) in [6, 6.07) is 0. The van der Waals surface area contributed by atoms with Gasteiger partial charge < -0.3 is 33.8 Å². The maximum Gasteiger partial charge on any atom is 0.472 e. The molecule has 588 valence electrons. The van der Waals surface area contributed by atoms with Crippen LogP contribution < -0.4 is 0 Å². The summed E-state index contributed by atoms with van der Waals surface area (Å²) in [7, 11) is -10.0. The average molecular weight is 1490 g/mol. The van der Waals surface area contributed by atoms with E-state index in [0.29, 0.717) is 32.1 Å². The van der Waals surface area contributed by atoms with Crippen molar-refractivity contribution in [2.24, 2.45) is 0 Å². The summed E-state index contributed by atoms with van der Waals surface area (Å²) in [5.74, 6) is -2.46. The van der Waals surface area contributed by atoms with Gasteiger partial charge in [-0.2, -0.15) is 0 Å². The lowest BCUT2D eigenvalue weighted by Crippen LogP contribution is -2.30. The molecule has 0 heterocycles. The van der Waals surface area contributed by atoms with Crippen LogP contribution in [-0.2, 0) is 65.4 Å². The fourth-order valence-electron chi connectivity index (χ4n) is 9.56. The van der Waals surface area contributed by atoms with Gasteiger partial charge in [0.1, 0.15) is 19.3 Å². The van der Waals surface area contributed by atoms with Gasteiger partial charge in [0.05, 0.1) is 32.8 Å². The first kappa shape index (κ1) is 98.2. The molecule has 0 aromatic rings. The van der Waals surface area contributed by atoms with Gasteiger partial charge in [0.25, 0.3) is 0 Å². The highest BCUT2D eigenvalue weighted by molar-refractivity contribution is 7.47. The lowest BCUT2D eigenvalue weighted by atomic mass is 10.1. The molecule has 0 fully saturated rings. The van der Waals surface area contributed by atoms with Gasteiger partial charge in [-0.05, 0) is 148 Å². The van der Waals surface area contributed by atoms with Crippen LogP contribution in [0.4, 0.5) is 0 Å². The zero-order chi connectivity index (χ0) is 76.0. The Morgan fingerprint density at radius 1 is 0.288 bits per heavy atom. The number of hydrogen-bond acceptors (Lipinski definition) is 15. The second kappa shape index (κ2) is 75.4. The third-order valence-electron chi connectivity index (χ3n) is 15.4. The smallest absolute Gasteiger partial charge is 0.462 e. The molecule has 0 aromatic carbocycles. The highest BCUT2D eigenvalue weighted by Crippen LogP contribution is 2.45. The van der Waals surface area contributed by atoms with Crippen molar-refractivity contribution in [3.63, 3.8) is 0 Å². The van der Waals surface area contributed by atoms with Gasteiger partial charge in [-0.1, -0.05) is 281 Å². The van der Waals surface area contributed by atoms with Crippen LogP contribution in [0.25, 0.3) is 0 Å². The first-order valence-electron chi connectivity index (χ1n) is 39.0. The highest BCUT2D eigenvalue weighted by Gasteiger charge is 2.30. The topological polar surface area (TPSA) is 237 Å². The molecule has 0 bridgehead atoms. The van der Waals surface area contributed by atoms with Crippen LogP contribution in [0.5, 0.6) is 0 Å². The molecule has 19 heteroatoms. The Morgan fingerprint density at radius 3 is 0.923 bits per heavy atom. The zero-order valence-corrected chi connectivity index (χ0v) is 65.9. The predicted molar refractivity (Wildman–Crippen MR) is 426 cm³/mol. The third-order valence-corrected chi connectivity index (χ3v) is 17.3. The quantitative estimate of drug-likeness (QED) is 0.0169. The molecule has 0 saturated heterocycles. The van der Waals surface area contributed by atoms with E-state index < -0.39 is 97.5 Å². The fourth-order valence-corrected chi connectivity index (χ4v) is 11.1. The molecule has 0 saturated carbocycles. The van der Waals surface area contributed by atoms with Crippen LogP contribution in [0.15, 0.2) is 182 Å². The van der Waals surface area contributed by atoms with Crippen LogP contribution in [-0.4, -0.2) is 96.7 Å². The number of carbonyl (C=O) groups excluding carboxylic acids is 4. The fraction of sp³-hybridized carbons (Fsp3) is 0.600. The van der Waals surface area contributed by atoms with Crippen LogP contribution in [0.2, 0.25) is 0 Å². The lowest BCUT2D eigenvalue weighted by molar-refractivity contribution is -0.161. The standard InChI is InChI=1S/C85H136O17P2/c1-5-9-13-17-21-25-29-33-36-38-39-41-44-47-50-54-58-62-66-70-83(88)95-75-80(101-84(89)71-67-63-59-55-51-45-32-28-24-20-16-12-8-4)77-99-103(91,92)97-73-79(86)74-98-104(93,94)100-78-81(102-85(90)72-68-64-60-56-52-48-42-35-31-27-23-19-15-11-7-3)76-96-82(87)69-65-61-57-53-49-46-43-40-37-34-30-26-22-18-14-10-6-2/h9-11,13-15,21-23,25-28,32-37,39,41-42,47,50,52,56,58,62,64,68,79-81,86H,5-8,12,16-20,24,29-31,38,40,43-46,48-49,51,53-55,57,59-61,63,65-67,69-78H2,1-4H3,(H,91,92)(H,93,94)/b13-9-,14-10-,15-11-,25-21-,26-22-,27-23-,32-28-,36-33-,37-34-,41-39-,42-35-,50-47-,56-52-,62-58-,68-64-. The number of rotatable bonds is 71. The maximum absolute atomic E-state index is 13.1. The van der Waals surface area contributed by atoms with Crippen molar-refractivity contribution in [1.82, 2.24) is 0 Å². The van der Waals surface area contributed by atoms with Gasteiger partial charge in [-0.3, -0.25) is 37.3 Å². The minimum Gasteiger partial charge on any atom is -0.462 e. The Bertz CT molecular complexity index is 2690. The molecule has 0 radical (unpaired) electrons. The highest BCUT2D eigenvalue weighted by atomic mass is 31.2. The van der Waals surface area contributed by atoms with Gasteiger partial charge in [-0.25, -0.2) is 9.13 Å². The van der Waals surface area contributed by atoms with Crippen molar-refractivity contribution in [3.05, 3.63) is 182 Å². The van der Waals surface area contributed by atoms with E-state index in [1.54, 1.807) is 12.2 Å². The zero-order valence-electron chi connectivity index (χ0n) is 64.1. The minimum atomic E-state index is -5.02. The number of aliphatic hydroxyl groups excluding tert-OH is 1. The number of ether oxygens (including phenoxy) is 4. The van der Waals surface area contributed by atoms with Crippen molar-refractivity contribution < 1.29 is 80.2 Å². The van der Waals surface area contributed by atoms with Crippen molar-refractivity contribution >= 4 is 39.5 Å². The monoisotopic (exact) mass is 1490 g/mol. The number of unbranched alkanes of at least 4 members (excludes halogenated alkanes) is 16. The van der Waals surface area contributed by atoms with E-state index in [-0.39, 0.29) is 25.7 Å². The second-order valence-electron chi connectivity index (χ2n) is 25.2.